The molecule has 3 rings (SSSR count). The summed E-state index contributed by atoms with van der Waals surface area (Å²) in [7, 11) is 1.53. The number of carbonyl (C=O) groups excluding carboxylic acids is 1. The van der Waals surface area contributed by atoms with E-state index in [1.165, 1.54) is 7.11 Å². The van der Waals surface area contributed by atoms with Crippen molar-refractivity contribution >= 4 is 5.91 Å². The number of aromatic nitrogens is 3. The third-order valence-corrected chi connectivity index (χ3v) is 4.28. The Bertz CT molecular complexity index is 738. The van der Waals surface area contributed by atoms with Gasteiger partial charge in [0.25, 0.3) is 0 Å². The topological polar surface area (TPSA) is 77.4 Å². The highest BCUT2D eigenvalue weighted by Crippen LogP contribution is 2.33. The number of ether oxygens (including phenoxy) is 2. The summed E-state index contributed by atoms with van der Waals surface area (Å²) in [5.74, 6) is 1.23. The van der Waals surface area contributed by atoms with E-state index in [4.69, 9.17) is 9.47 Å². The summed E-state index contributed by atoms with van der Waals surface area (Å²) in [5.41, 5.74) is 1.57. The molecule has 0 saturated carbocycles. The van der Waals surface area contributed by atoms with Gasteiger partial charge in [0, 0.05) is 44.7 Å². The molecular formula is C18H22N4O3. The van der Waals surface area contributed by atoms with Gasteiger partial charge in [-0.3, -0.25) is 14.8 Å². The summed E-state index contributed by atoms with van der Waals surface area (Å²) >= 11 is 0. The molecule has 132 valence electrons. The Morgan fingerprint density at radius 3 is 2.92 bits per heavy atom. The minimum atomic E-state index is 0.00154. The van der Waals surface area contributed by atoms with Crippen LogP contribution in [-0.4, -0.2) is 52.6 Å². The van der Waals surface area contributed by atoms with Crippen LogP contribution in [0.5, 0.6) is 11.6 Å². The molecule has 1 saturated heterocycles. The molecule has 0 aromatic carbocycles. The number of likely N-dealkylation sites (tertiary alicyclic amines) is 1. The van der Waals surface area contributed by atoms with Crippen molar-refractivity contribution in [2.24, 2.45) is 0 Å². The molecule has 2 aromatic rings. The first kappa shape index (κ1) is 17.3. The minimum Gasteiger partial charge on any atom is -0.435 e. The Morgan fingerprint density at radius 1 is 1.28 bits per heavy atom. The van der Waals surface area contributed by atoms with Gasteiger partial charge in [0.15, 0.2) is 5.75 Å². The third-order valence-electron chi connectivity index (χ3n) is 4.28. The molecule has 0 bridgehead atoms. The molecule has 7 heteroatoms. The fraction of sp³-hybridized carbons (Fsp3) is 0.444. The lowest BCUT2D eigenvalue weighted by Crippen LogP contribution is -2.41. The Balaban J connectivity index is 1.80. The number of hydrogen-bond donors (Lipinski definition) is 0. The summed E-state index contributed by atoms with van der Waals surface area (Å²) in [6, 6.07) is 3.68. The van der Waals surface area contributed by atoms with Gasteiger partial charge in [-0.15, -0.1) is 0 Å². The number of rotatable bonds is 5. The number of aryl methyl sites for hydroxylation is 1. The van der Waals surface area contributed by atoms with Crippen molar-refractivity contribution in [1.82, 2.24) is 19.9 Å². The summed E-state index contributed by atoms with van der Waals surface area (Å²) < 4.78 is 10.9. The van der Waals surface area contributed by atoms with Crippen LogP contribution in [0.4, 0.5) is 0 Å². The second kappa shape index (κ2) is 8.02. The molecule has 1 aliphatic heterocycles. The standard InChI is InChI=1S/C18H22N4O3/c1-13-15(6-3-7-19-13)25-18-17(20-8-9-21-18)14-5-4-10-22(11-14)16(23)12-24-2/h3,6-9,14H,4-5,10-12H2,1-2H3/t14-/m0/s1. The molecule has 0 N–H and O–H groups in total. The van der Waals surface area contributed by atoms with Gasteiger partial charge in [0.1, 0.15) is 12.3 Å². The molecular weight excluding hydrogens is 320 g/mol. The van der Waals surface area contributed by atoms with Crippen LogP contribution in [0.3, 0.4) is 0 Å². The Kier molecular flexibility index (Phi) is 5.55. The van der Waals surface area contributed by atoms with Crippen molar-refractivity contribution in [3.63, 3.8) is 0 Å². The number of carbonyl (C=O) groups is 1. The maximum atomic E-state index is 12.1. The first-order chi connectivity index (χ1) is 12.2. The molecule has 1 atom stereocenters. The highest BCUT2D eigenvalue weighted by atomic mass is 16.5. The largest absolute Gasteiger partial charge is 0.435 e. The zero-order valence-electron chi connectivity index (χ0n) is 14.5. The van der Waals surface area contributed by atoms with Crippen molar-refractivity contribution in [3.8, 4) is 11.6 Å². The van der Waals surface area contributed by atoms with Gasteiger partial charge >= 0.3 is 0 Å². The van der Waals surface area contributed by atoms with E-state index < -0.39 is 0 Å². The van der Waals surface area contributed by atoms with Crippen LogP contribution in [-0.2, 0) is 9.53 Å². The molecule has 0 radical (unpaired) electrons. The zero-order valence-corrected chi connectivity index (χ0v) is 14.5. The minimum absolute atomic E-state index is 0.00154. The first-order valence-electron chi connectivity index (χ1n) is 8.36. The van der Waals surface area contributed by atoms with Crippen molar-refractivity contribution < 1.29 is 14.3 Å². The van der Waals surface area contributed by atoms with E-state index >= 15 is 0 Å². The molecule has 0 aliphatic carbocycles. The van der Waals surface area contributed by atoms with E-state index in [-0.39, 0.29) is 18.4 Å². The monoisotopic (exact) mass is 342 g/mol. The molecule has 25 heavy (non-hydrogen) atoms. The van der Waals surface area contributed by atoms with Gasteiger partial charge in [0.05, 0.1) is 5.69 Å². The van der Waals surface area contributed by atoms with E-state index in [9.17, 15) is 4.79 Å². The van der Waals surface area contributed by atoms with Crippen LogP contribution in [0.25, 0.3) is 0 Å². The highest BCUT2D eigenvalue weighted by Gasteiger charge is 2.28. The number of piperidine rings is 1. The van der Waals surface area contributed by atoms with Gasteiger partial charge in [-0.2, -0.15) is 0 Å². The molecule has 2 aromatic heterocycles. The molecule has 3 heterocycles. The smallest absolute Gasteiger partial charge is 0.248 e. The van der Waals surface area contributed by atoms with E-state index in [2.05, 4.69) is 15.0 Å². The molecule has 0 spiro atoms. The summed E-state index contributed by atoms with van der Waals surface area (Å²) in [6.07, 6.45) is 6.86. The van der Waals surface area contributed by atoms with Crippen molar-refractivity contribution in [2.75, 3.05) is 26.8 Å². The SMILES string of the molecule is COCC(=O)N1CCC[C@H](c2nccnc2Oc2cccnc2C)C1. The van der Waals surface area contributed by atoms with Gasteiger partial charge in [-0.25, -0.2) is 4.98 Å². The predicted octanol–water partition coefficient (Wildman–Crippen LogP) is 2.32. The third kappa shape index (κ3) is 4.11. The van der Waals surface area contributed by atoms with E-state index in [1.54, 1.807) is 18.6 Å². The lowest BCUT2D eigenvalue weighted by molar-refractivity contribution is -0.136. The fourth-order valence-electron chi connectivity index (χ4n) is 3.02. The Labute approximate surface area is 147 Å². The number of hydrogen-bond acceptors (Lipinski definition) is 6. The van der Waals surface area contributed by atoms with Gasteiger partial charge < -0.3 is 14.4 Å². The molecule has 1 aliphatic rings. The number of nitrogens with zero attached hydrogens (tertiary/aromatic N) is 4. The second-order valence-corrected chi connectivity index (χ2v) is 6.05. The van der Waals surface area contributed by atoms with Crippen molar-refractivity contribution in [2.45, 2.75) is 25.7 Å². The average Bonchev–Trinajstić information content (AvgIpc) is 2.64. The lowest BCUT2D eigenvalue weighted by Gasteiger charge is -2.32. The Hall–Kier alpha value is -2.54. The summed E-state index contributed by atoms with van der Waals surface area (Å²) in [6.45, 7) is 3.34. The van der Waals surface area contributed by atoms with Gasteiger partial charge in [-0.05, 0) is 31.9 Å². The summed E-state index contributed by atoms with van der Waals surface area (Å²) in [5, 5.41) is 0. The number of amides is 1. The maximum absolute atomic E-state index is 12.1. The second-order valence-electron chi connectivity index (χ2n) is 6.05. The van der Waals surface area contributed by atoms with Crippen molar-refractivity contribution in [3.05, 3.63) is 42.1 Å². The van der Waals surface area contributed by atoms with E-state index in [1.807, 2.05) is 24.0 Å². The first-order valence-corrected chi connectivity index (χ1v) is 8.36. The highest BCUT2D eigenvalue weighted by molar-refractivity contribution is 5.77. The summed E-state index contributed by atoms with van der Waals surface area (Å²) in [4.78, 5) is 27.0. The molecule has 0 unspecified atom stereocenters. The van der Waals surface area contributed by atoms with E-state index in [0.717, 1.165) is 30.8 Å². The number of methoxy groups -OCH3 is 1. The maximum Gasteiger partial charge on any atom is 0.248 e. The van der Waals surface area contributed by atoms with Gasteiger partial charge in [-0.1, -0.05) is 0 Å². The van der Waals surface area contributed by atoms with Crippen LogP contribution in [0.2, 0.25) is 0 Å². The van der Waals surface area contributed by atoms with Crippen LogP contribution in [0.1, 0.15) is 30.1 Å². The van der Waals surface area contributed by atoms with Crippen LogP contribution in [0.15, 0.2) is 30.7 Å². The lowest BCUT2D eigenvalue weighted by atomic mass is 9.94. The van der Waals surface area contributed by atoms with Crippen LogP contribution >= 0.6 is 0 Å². The average molecular weight is 342 g/mol. The normalized spacial score (nSPS) is 17.4. The van der Waals surface area contributed by atoms with Crippen LogP contribution in [0, 0.1) is 6.92 Å². The van der Waals surface area contributed by atoms with Gasteiger partial charge in [0.2, 0.25) is 11.8 Å². The van der Waals surface area contributed by atoms with Crippen LogP contribution < -0.4 is 4.74 Å². The number of pyridine rings is 1. The molecule has 1 amide bonds. The molecule has 7 nitrogen and oxygen atoms in total. The quantitative estimate of drug-likeness (QED) is 0.830. The molecule has 1 fully saturated rings. The van der Waals surface area contributed by atoms with Crippen molar-refractivity contribution in [1.29, 1.82) is 0 Å². The zero-order chi connectivity index (χ0) is 17.6. The Morgan fingerprint density at radius 2 is 2.12 bits per heavy atom. The van der Waals surface area contributed by atoms with E-state index in [0.29, 0.717) is 18.2 Å². The predicted molar refractivity (Wildman–Crippen MR) is 91.5 cm³/mol. The fourth-order valence-corrected chi connectivity index (χ4v) is 3.02.